The third-order valence-electron chi connectivity index (χ3n) is 5.37. The van der Waals surface area contributed by atoms with Gasteiger partial charge in [0.15, 0.2) is 0 Å². The minimum atomic E-state index is -3.64. The summed E-state index contributed by atoms with van der Waals surface area (Å²) in [4.78, 5) is 27.7. The summed E-state index contributed by atoms with van der Waals surface area (Å²) in [5.41, 5.74) is 1.15. The Morgan fingerprint density at radius 3 is 2.48 bits per heavy atom. The zero-order valence-corrected chi connectivity index (χ0v) is 18.3. The average molecular weight is 460 g/mol. The Hall–Kier alpha value is -2.68. The van der Waals surface area contributed by atoms with E-state index >= 15 is 0 Å². The highest BCUT2D eigenvalue weighted by atomic mass is 35.5. The number of nitrogens with one attached hydrogen (secondary N) is 2. The molecule has 2 heterocycles. The second-order valence-corrected chi connectivity index (χ2v) is 9.87. The molecule has 0 atom stereocenters. The van der Waals surface area contributed by atoms with Crippen LogP contribution in [0.2, 0.25) is 5.02 Å². The first kappa shape index (κ1) is 21.5. The van der Waals surface area contributed by atoms with Crippen LogP contribution in [0.5, 0.6) is 0 Å². The van der Waals surface area contributed by atoms with E-state index in [1.165, 1.54) is 28.6 Å². The van der Waals surface area contributed by atoms with Gasteiger partial charge in [0.1, 0.15) is 0 Å². The maximum absolute atomic E-state index is 12.9. The van der Waals surface area contributed by atoms with Gasteiger partial charge in [0, 0.05) is 41.6 Å². The monoisotopic (exact) mass is 459 g/mol. The summed E-state index contributed by atoms with van der Waals surface area (Å²) in [7, 11) is -3.64. The maximum Gasteiger partial charge on any atom is 0.252 e. The lowest BCUT2D eigenvalue weighted by atomic mass is 10.1. The van der Waals surface area contributed by atoms with Gasteiger partial charge in [-0.25, -0.2) is 8.42 Å². The van der Waals surface area contributed by atoms with Crippen molar-refractivity contribution >= 4 is 38.4 Å². The summed E-state index contributed by atoms with van der Waals surface area (Å²) in [6, 6.07) is 13.0. The van der Waals surface area contributed by atoms with Gasteiger partial charge in [-0.1, -0.05) is 23.7 Å². The summed E-state index contributed by atoms with van der Waals surface area (Å²) in [6.07, 6.45) is 2.27. The highest BCUT2D eigenvalue weighted by Crippen LogP contribution is 2.25. The van der Waals surface area contributed by atoms with E-state index < -0.39 is 21.5 Å². The standard InChI is InChI=1S/C22H22ClN3O4S/c23-16-5-3-15(4-6-16)9-10-24-22(28)19-14-21(27)25-20-8-7-17(13-18(19)20)31(29,30)26-11-1-2-12-26/h3-8,13-14H,1-2,9-12H2,(H,24,28)(H,25,27). The van der Waals surface area contributed by atoms with Gasteiger partial charge in [-0.05, 0) is 55.2 Å². The molecule has 0 unspecified atom stereocenters. The molecular weight excluding hydrogens is 438 g/mol. The van der Waals surface area contributed by atoms with Crippen molar-refractivity contribution in [3.05, 3.63) is 75.0 Å². The fraction of sp³-hybridized carbons (Fsp3) is 0.273. The highest BCUT2D eigenvalue weighted by Gasteiger charge is 2.27. The van der Waals surface area contributed by atoms with E-state index in [0.717, 1.165) is 18.4 Å². The molecule has 3 aromatic rings. The summed E-state index contributed by atoms with van der Waals surface area (Å²) in [5, 5.41) is 3.84. The smallest absolute Gasteiger partial charge is 0.252 e. The van der Waals surface area contributed by atoms with Gasteiger partial charge >= 0.3 is 0 Å². The second kappa shape index (κ2) is 8.82. The molecule has 162 valence electrons. The van der Waals surface area contributed by atoms with E-state index in [-0.39, 0.29) is 10.5 Å². The van der Waals surface area contributed by atoms with Gasteiger partial charge in [0.2, 0.25) is 15.6 Å². The molecule has 4 rings (SSSR count). The van der Waals surface area contributed by atoms with Gasteiger partial charge in [0.25, 0.3) is 5.91 Å². The van der Waals surface area contributed by atoms with Gasteiger partial charge in [0.05, 0.1) is 10.5 Å². The first-order valence-corrected chi connectivity index (χ1v) is 11.9. The van der Waals surface area contributed by atoms with Crippen molar-refractivity contribution in [2.45, 2.75) is 24.2 Å². The number of hydrogen-bond acceptors (Lipinski definition) is 4. The topological polar surface area (TPSA) is 99.3 Å². The van der Waals surface area contributed by atoms with E-state index in [0.29, 0.717) is 42.0 Å². The summed E-state index contributed by atoms with van der Waals surface area (Å²) < 4.78 is 27.3. The molecule has 9 heteroatoms. The number of pyridine rings is 1. The number of H-pyrrole nitrogens is 1. The van der Waals surface area contributed by atoms with Crippen molar-refractivity contribution in [3.63, 3.8) is 0 Å². The Morgan fingerprint density at radius 2 is 1.77 bits per heavy atom. The zero-order valence-electron chi connectivity index (χ0n) is 16.7. The number of hydrogen-bond donors (Lipinski definition) is 2. The maximum atomic E-state index is 12.9. The van der Waals surface area contributed by atoms with E-state index in [9.17, 15) is 18.0 Å². The van der Waals surface area contributed by atoms with Crippen molar-refractivity contribution in [3.8, 4) is 0 Å². The normalized spacial score (nSPS) is 14.7. The van der Waals surface area contributed by atoms with Crippen molar-refractivity contribution in [2.24, 2.45) is 0 Å². The predicted molar refractivity (Wildman–Crippen MR) is 120 cm³/mol. The second-order valence-electron chi connectivity index (χ2n) is 7.50. The summed E-state index contributed by atoms with van der Waals surface area (Å²) >= 11 is 5.88. The minimum Gasteiger partial charge on any atom is -0.352 e. The lowest BCUT2D eigenvalue weighted by Gasteiger charge is -2.16. The van der Waals surface area contributed by atoms with Crippen molar-refractivity contribution < 1.29 is 13.2 Å². The number of nitrogens with zero attached hydrogens (tertiary/aromatic N) is 1. The van der Waals surface area contributed by atoms with E-state index in [1.54, 1.807) is 12.1 Å². The number of carbonyl (C=O) groups is 1. The third kappa shape index (κ3) is 4.66. The van der Waals surface area contributed by atoms with Crippen LogP contribution in [0.15, 0.2) is 58.2 Å². The number of aromatic amines is 1. The van der Waals surface area contributed by atoms with E-state index in [4.69, 9.17) is 11.6 Å². The molecule has 1 fully saturated rings. The van der Waals surface area contributed by atoms with Crippen LogP contribution in [0.1, 0.15) is 28.8 Å². The van der Waals surface area contributed by atoms with Crippen LogP contribution in [0, 0.1) is 0 Å². The van der Waals surface area contributed by atoms with Gasteiger partial charge in [-0.15, -0.1) is 0 Å². The molecule has 0 aliphatic carbocycles. The van der Waals surface area contributed by atoms with Crippen LogP contribution >= 0.6 is 11.6 Å². The number of rotatable bonds is 6. The fourth-order valence-electron chi connectivity index (χ4n) is 3.73. The van der Waals surface area contributed by atoms with E-state index in [1.807, 2.05) is 12.1 Å². The molecule has 1 aliphatic heterocycles. The summed E-state index contributed by atoms with van der Waals surface area (Å²) in [5.74, 6) is -0.430. The molecule has 31 heavy (non-hydrogen) atoms. The number of fused-ring (bicyclic) bond motifs is 1. The first-order valence-electron chi connectivity index (χ1n) is 10.0. The molecule has 2 aromatic carbocycles. The van der Waals surface area contributed by atoms with Crippen LogP contribution in [0.25, 0.3) is 10.9 Å². The average Bonchev–Trinajstić information content (AvgIpc) is 3.30. The molecule has 0 saturated carbocycles. The molecule has 0 radical (unpaired) electrons. The van der Waals surface area contributed by atoms with Crippen LogP contribution in [0.4, 0.5) is 0 Å². The lowest BCUT2D eigenvalue weighted by molar-refractivity contribution is 0.0955. The Balaban J connectivity index is 1.60. The number of sulfonamides is 1. The SMILES string of the molecule is O=C(NCCc1ccc(Cl)cc1)c1cc(=O)[nH]c2ccc(S(=O)(=O)N3CCCC3)cc12. The lowest BCUT2D eigenvalue weighted by Crippen LogP contribution is -2.28. The Bertz CT molecular complexity index is 1280. The van der Waals surface area contributed by atoms with Crippen LogP contribution in [0.3, 0.4) is 0 Å². The molecule has 1 saturated heterocycles. The molecule has 1 aromatic heterocycles. The molecule has 0 bridgehead atoms. The molecular formula is C22H22ClN3O4S. The van der Waals surface area contributed by atoms with E-state index in [2.05, 4.69) is 10.3 Å². The Morgan fingerprint density at radius 1 is 1.06 bits per heavy atom. The largest absolute Gasteiger partial charge is 0.352 e. The van der Waals surface area contributed by atoms with Gasteiger partial charge < -0.3 is 10.3 Å². The number of halogens is 1. The zero-order chi connectivity index (χ0) is 22.0. The predicted octanol–water partition coefficient (Wildman–Crippen LogP) is 2.94. The Kier molecular flexibility index (Phi) is 6.13. The van der Waals surface area contributed by atoms with Gasteiger partial charge in [-0.2, -0.15) is 4.31 Å². The number of carbonyl (C=O) groups excluding carboxylic acids is 1. The third-order valence-corrected chi connectivity index (χ3v) is 7.52. The minimum absolute atomic E-state index is 0.115. The number of benzene rings is 2. The van der Waals surface area contributed by atoms with Gasteiger partial charge in [-0.3, -0.25) is 9.59 Å². The molecule has 1 aliphatic rings. The van der Waals surface area contributed by atoms with Crippen molar-refractivity contribution in [1.29, 1.82) is 0 Å². The fourth-order valence-corrected chi connectivity index (χ4v) is 5.40. The molecule has 1 amide bonds. The molecule has 2 N–H and O–H groups in total. The van der Waals surface area contributed by atoms with Crippen molar-refractivity contribution in [2.75, 3.05) is 19.6 Å². The molecule has 7 nitrogen and oxygen atoms in total. The Labute approximate surface area is 185 Å². The highest BCUT2D eigenvalue weighted by molar-refractivity contribution is 7.89. The quantitative estimate of drug-likeness (QED) is 0.592. The molecule has 0 spiro atoms. The first-order chi connectivity index (χ1) is 14.8. The number of aromatic nitrogens is 1. The van der Waals surface area contributed by atoms with Crippen LogP contribution in [-0.4, -0.2) is 43.2 Å². The van der Waals surface area contributed by atoms with Crippen molar-refractivity contribution in [1.82, 2.24) is 14.6 Å². The number of amides is 1. The van der Waals surface area contributed by atoms with Crippen LogP contribution in [-0.2, 0) is 16.4 Å². The summed E-state index contributed by atoms with van der Waals surface area (Å²) in [6.45, 7) is 1.34. The van der Waals surface area contributed by atoms with Crippen LogP contribution < -0.4 is 10.9 Å².